The summed E-state index contributed by atoms with van der Waals surface area (Å²) in [5, 5.41) is 0. The smallest absolute Gasteiger partial charge is 0.161 e. The van der Waals surface area contributed by atoms with Gasteiger partial charge in [0.1, 0.15) is 5.82 Å². The molecule has 4 nitrogen and oxygen atoms in total. The number of hydrazine groups is 1. The van der Waals surface area contributed by atoms with Crippen molar-refractivity contribution in [3.05, 3.63) is 42.1 Å². The minimum atomic E-state index is 0.617. The molecule has 0 aliphatic heterocycles. The topological polar surface area (TPSA) is 63.8 Å². The number of nitrogen functional groups attached to an aromatic ring is 1. The molecule has 0 saturated heterocycles. The largest absolute Gasteiger partial charge is 0.308 e. The van der Waals surface area contributed by atoms with Crippen molar-refractivity contribution < 1.29 is 0 Å². The first-order chi connectivity index (χ1) is 8.69. The van der Waals surface area contributed by atoms with Crippen molar-refractivity contribution in [1.82, 2.24) is 9.97 Å². The van der Waals surface area contributed by atoms with Crippen LogP contribution in [0.1, 0.15) is 19.4 Å². The standard InChI is InChI=1S/C14H18N4/c1-10(2)9-11-3-5-12(6-4-11)14-16-8-7-13(17-14)18-15/h3-8,10H,9,15H2,1-2H3,(H,16,17,18). The average Bonchev–Trinajstić information content (AvgIpc) is 2.39. The van der Waals surface area contributed by atoms with E-state index in [0.29, 0.717) is 17.6 Å². The Bertz CT molecular complexity index is 505. The average molecular weight is 242 g/mol. The zero-order chi connectivity index (χ0) is 13.0. The number of nitrogens with two attached hydrogens (primary N) is 1. The summed E-state index contributed by atoms with van der Waals surface area (Å²) in [7, 11) is 0. The van der Waals surface area contributed by atoms with Crippen molar-refractivity contribution in [2.75, 3.05) is 5.43 Å². The minimum Gasteiger partial charge on any atom is -0.308 e. The molecule has 0 saturated carbocycles. The van der Waals surface area contributed by atoms with Gasteiger partial charge < -0.3 is 5.43 Å². The molecule has 0 aliphatic carbocycles. The lowest BCUT2D eigenvalue weighted by Crippen LogP contribution is -2.09. The van der Waals surface area contributed by atoms with Crippen LogP contribution >= 0.6 is 0 Å². The molecule has 1 aromatic heterocycles. The summed E-state index contributed by atoms with van der Waals surface area (Å²) >= 11 is 0. The Balaban J connectivity index is 2.22. The van der Waals surface area contributed by atoms with E-state index in [9.17, 15) is 0 Å². The van der Waals surface area contributed by atoms with Crippen molar-refractivity contribution >= 4 is 5.82 Å². The van der Waals surface area contributed by atoms with Gasteiger partial charge in [-0.2, -0.15) is 0 Å². The number of hydrogen-bond donors (Lipinski definition) is 2. The Hall–Kier alpha value is -1.94. The van der Waals surface area contributed by atoms with Crippen LogP contribution in [-0.4, -0.2) is 9.97 Å². The van der Waals surface area contributed by atoms with Gasteiger partial charge in [0.25, 0.3) is 0 Å². The second-order valence-electron chi connectivity index (χ2n) is 4.70. The summed E-state index contributed by atoms with van der Waals surface area (Å²) in [4.78, 5) is 8.55. The lowest BCUT2D eigenvalue weighted by Gasteiger charge is -2.06. The van der Waals surface area contributed by atoms with Crippen molar-refractivity contribution in [2.24, 2.45) is 11.8 Å². The fraction of sp³-hybridized carbons (Fsp3) is 0.286. The van der Waals surface area contributed by atoms with Gasteiger partial charge >= 0.3 is 0 Å². The molecule has 94 valence electrons. The molecule has 0 spiro atoms. The summed E-state index contributed by atoms with van der Waals surface area (Å²) in [6.45, 7) is 4.43. The number of rotatable bonds is 4. The van der Waals surface area contributed by atoms with E-state index in [1.165, 1.54) is 5.56 Å². The Morgan fingerprint density at radius 2 is 1.89 bits per heavy atom. The molecule has 0 amide bonds. The zero-order valence-electron chi connectivity index (χ0n) is 10.7. The van der Waals surface area contributed by atoms with Crippen molar-refractivity contribution in [3.8, 4) is 11.4 Å². The van der Waals surface area contributed by atoms with Crippen LogP contribution in [0.4, 0.5) is 5.82 Å². The van der Waals surface area contributed by atoms with Crippen LogP contribution in [0.15, 0.2) is 36.5 Å². The molecule has 2 aromatic rings. The molecule has 1 heterocycles. The Morgan fingerprint density at radius 3 is 2.50 bits per heavy atom. The molecular formula is C14H18N4. The van der Waals surface area contributed by atoms with Crippen LogP contribution in [0.25, 0.3) is 11.4 Å². The number of benzene rings is 1. The van der Waals surface area contributed by atoms with Crippen LogP contribution in [-0.2, 0) is 6.42 Å². The molecular weight excluding hydrogens is 224 g/mol. The maximum Gasteiger partial charge on any atom is 0.161 e. The highest BCUT2D eigenvalue weighted by molar-refractivity contribution is 5.57. The third-order valence-electron chi connectivity index (χ3n) is 2.66. The lowest BCUT2D eigenvalue weighted by molar-refractivity contribution is 0.647. The molecule has 0 aliphatic rings. The highest BCUT2D eigenvalue weighted by atomic mass is 15.3. The van der Waals surface area contributed by atoms with Gasteiger partial charge in [-0.05, 0) is 17.9 Å². The molecule has 0 unspecified atom stereocenters. The first-order valence-corrected chi connectivity index (χ1v) is 6.08. The van der Waals surface area contributed by atoms with E-state index >= 15 is 0 Å². The van der Waals surface area contributed by atoms with Gasteiger partial charge in [0.2, 0.25) is 0 Å². The fourth-order valence-electron chi connectivity index (χ4n) is 1.84. The number of nitrogens with one attached hydrogen (secondary N) is 1. The highest BCUT2D eigenvalue weighted by Gasteiger charge is 2.03. The molecule has 2 rings (SSSR count). The van der Waals surface area contributed by atoms with Crippen molar-refractivity contribution in [3.63, 3.8) is 0 Å². The van der Waals surface area contributed by atoms with Crippen LogP contribution in [0.2, 0.25) is 0 Å². The minimum absolute atomic E-state index is 0.617. The van der Waals surface area contributed by atoms with E-state index in [1.54, 1.807) is 12.3 Å². The van der Waals surface area contributed by atoms with Gasteiger partial charge in [-0.15, -0.1) is 0 Å². The van der Waals surface area contributed by atoms with Gasteiger partial charge in [-0.1, -0.05) is 38.1 Å². The second kappa shape index (κ2) is 5.60. The first-order valence-electron chi connectivity index (χ1n) is 6.08. The van der Waals surface area contributed by atoms with Crippen molar-refractivity contribution in [1.29, 1.82) is 0 Å². The van der Waals surface area contributed by atoms with E-state index in [4.69, 9.17) is 5.84 Å². The molecule has 0 bridgehead atoms. The maximum absolute atomic E-state index is 5.34. The summed E-state index contributed by atoms with van der Waals surface area (Å²) in [6.07, 6.45) is 2.78. The number of nitrogens with zero attached hydrogens (tertiary/aromatic N) is 2. The third kappa shape index (κ3) is 3.05. The third-order valence-corrected chi connectivity index (χ3v) is 2.66. The molecule has 3 N–H and O–H groups in total. The van der Waals surface area contributed by atoms with E-state index in [1.807, 2.05) is 12.1 Å². The van der Waals surface area contributed by atoms with Crippen LogP contribution in [0.3, 0.4) is 0 Å². The van der Waals surface area contributed by atoms with Crippen LogP contribution < -0.4 is 11.3 Å². The Kier molecular flexibility index (Phi) is 3.89. The van der Waals surface area contributed by atoms with Gasteiger partial charge in [0.15, 0.2) is 5.82 Å². The van der Waals surface area contributed by atoms with E-state index in [-0.39, 0.29) is 0 Å². The van der Waals surface area contributed by atoms with Gasteiger partial charge in [0.05, 0.1) is 0 Å². The van der Waals surface area contributed by atoms with E-state index < -0.39 is 0 Å². The van der Waals surface area contributed by atoms with E-state index in [0.717, 1.165) is 12.0 Å². The molecule has 4 heteroatoms. The van der Waals surface area contributed by atoms with Gasteiger partial charge in [-0.25, -0.2) is 15.8 Å². The Labute approximate surface area is 107 Å². The van der Waals surface area contributed by atoms with Crippen molar-refractivity contribution in [2.45, 2.75) is 20.3 Å². The zero-order valence-corrected chi connectivity index (χ0v) is 10.7. The summed E-state index contributed by atoms with van der Waals surface area (Å²) in [6, 6.07) is 10.1. The molecule has 18 heavy (non-hydrogen) atoms. The number of aromatic nitrogens is 2. The molecule has 0 atom stereocenters. The fourth-order valence-corrected chi connectivity index (χ4v) is 1.84. The number of hydrogen-bond acceptors (Lipinski definition) is 4. The second-order valence-corrected chi connectivity index (χ2v) is 4.70. The monoisotopic (exact) mass is 242 g/mol. The van der Waals surface area contributed by atoms with Gasteiger partial charge in [0, 0.05) is 17.8 Å². The Morgan fingerprint density at radius 1 is 1.17 bits per heavy atom. The quantitative estimate of drug-likeness (QED) is 0.639. The number of anilines is 1. The normalized spacial score (nSPS) is 10.7. The van der Waals surface area contributed by atoms with Crippen LogP contribution in [0.5, 0.6) is 0 Å². The predicted molar refractivity (Wildman–Crippen MR) is 73.8 cm³/mol. The summed E-state index contributed by atoms with van der Waals surface area (Å²) in [5.41, 5.74) is 4.86. The molecule has 1 aromatic carbocycles. The van der Waals surface area contributed by atoms with E-state index in [2.05, 4.69) is 41.4 Å². The maximum atomic E-state index is 5.34. The SMILES string of the molecule is CC(C)Cc1ccc(-c2nccc(NN)n2)cc1. The van der Waals surface area contributed by atoms with Crippen LogP contribution in [0, 0.1) is 5.92 Å². The predicted octanol–water partition coefficient (Wildman–Crippen LogP) is 2.63. The highest BCUT2D eigenvalue weighted by Crippen LogP contribution is 2.18. The first kappa shape index (κ1) is 12.5. The molecule has 0 fully saturated rings. The summed E-state index contributed by atoms with van der Waals surface area (Å²) < 4.78 is 0. The summed E-state index contributed by atoms with van der Waals surface area (Å²) in [5.74, 6) is 7.30. The van der Waals surface area contributed by atoms with Gasteiger partial charge in [-0.3, -0.25) is 0 Å². The lowest BCUT2D eigenvalue weighted by atomic mass is 10.0. The molecule has 0 radical (unpaired) electrons.